The fourth-order valence-electron chi connectivity index (χ4n) is 1.75. The number of halogens is 2. The van der Waals surface area contributed by atoms with Crippen molar-refractivity contribution in [1.82, 2.24) is 5.32 Å². The Labute approximate surface area is 106 Å². The topological polar surface area (TPSA) is 21.3 Å². The van der Waals surface area contributed by atoms with E-state index < -0.39 is 6.43 Å². The van der Waals surface area contributed by atoms with E-state index in [-0.39, 0.29) is 5.56 Å². The monoisotopic (exact) mass is 255 g/mol. The molecule has 1 N–H and O–H groups in total. The standard InChI is InChI=1S/C14H19F2NO/c15-14(16)13-3-1-2-12(8-13)9-17-6-7-18-10-11-4-5-11/h1-3,8,11,14,17H,4-7,9-10H2. The zero-order valence-corrected chi connectivity index (χ0v) is 10.4. The fourth-order valence-corrected chi connectivity index (χ4v) is 1.75. The van der Waals surface area contributed by atoms with Gasteiger partial charge in [0.15, 0.2) is 0 Å². The Balaban J connectivity index is 1.61. The summed E-state index contributed by atoms with van der Waals surface area (Å²) in [6.45, 7) is 2.91. The van der Waals surface area contributed by atoms with Crippen molar-refractivity contribution in [2.45, 2.75) is 25.8 Å². The largest absolute Gasteiger partial charge is 0.380 e. The molecule has 0 aromatic heterocycles. The van der Waals surface area contributed by atoms with Gasteiger partial charge in [0.05, 0.1) is 6.61 Å². The predicted octanol–water partition coefficient (Wildman–Crippen LogP) is 3.14. The maximum atomic E-state index is 12.5. The van der Waals surface area contributed by atoms with E-state index in [1.54, 1.807) is 12.1 Å². The van der Waals surface area contributed by atoms with Crippen LogP contribution in [0.25, 0.3) is 0 Å². The summed E-state index contributed by atoms with van der Waals surface area (Å²) in [4.78, 5) is 0. The molecule has 0 radical (unpaired) electrons. The van der Waals surface area contributed by atoms with Crippen LogP contribution in [0.2, 0.25) is 0 Å². The van der Waals surface area contributed by atoms with Crippen molar-refractivity contribution >= 4 is 0 Å². The van der Waals surface area contributed by atoms with Crippen molar-refractivity contribution in [2.24, 2.45) is 5.92 Å². The van der Waals surface area contributed by atoms with Crippen LogP contribution in [0.15, 0.2) is 24.3 Å². The second-order valence-corrected chi connectivity index (χ2v) is 4.74. The van der Waals surface area contributed by atoms with Gasteiger partial charge in [-0.15, -0.1) is 0 Å². The Morgan fingerprint density at radius 1 is 1.33 bits per heavy atom. The Kier molecular flexibility index (Phi) is 5.08. The smallest absolute Gasteiger partial charge is 0.263 e. The Bertz CT molecular complexity index is 367. The predicted molar refractivity (Wildman–Crippen MR) is 66.6 cm³/mol. The number of ether oxygens (including phenoxy) is 1. The van der Waals surface area contributed by atoms with Gasteiger partial charge in [0.2, 0.25) is 0 Å². The summed E-state index contributed by atoms with van der Waals surface area (Å²) in [5.74, 6) is 0.785. The summed E-state index contributed by atoms with van der Waals surface area (Å²) >= 11 is 0. The molecule has 1 fully saturated rings. The summed E-state index contributed by atoms with van der Waals surface area (Å²) in [5, 5.41) is 3.19. The number of rotatable bonds is 8. The normalized spacial score (nSPS) is 15.3. The van der Waals surface area contributed by atoms with E-state index in [0.29, 0.717) is 13.2 Å². The first-order valence-electron chi connectivity index (χ1n) is 6.41. The molecule has 0 heterocycles. The molecule has 100 valence electrons. The molecule has 1 saturated carbocycles. The van der Waals surface area contributed by atoms with E-state index in [4.69, 9.17) is 4.74 Å². The molecule has 1 aromatic rings. The molecule has 1 aliphatic carbocycles. The van der Waals surface area contributed by atoms with Crippen molar-refractivity contribution in [1.29, 1.82) is 0 Å². The van der Waals surface area contributed by atoms with E-state index in [9.17, 15) is 8.78 Å². The highest BCUT2D eigenvalue weighted by atomic mass is 19.3. The first kappa shape index (κ1) is 13.4. The van der Waals surface area contributed by atoms with E-state index >= 15 is 0 Å². The first-order valence-corrected chi connectivity index (χ1v) is 6.41. The van der Waals surface area contributed by atoms with Gasteiger partial charge in [0, 0.05) is 25.3 Å². The molecule has 0 bridgehead atoms. The molecule has 1 aliphatic rings. The van der Waals surface area contributed by atoms with Crippen LogP contribution in [0.1, 0.15) is 30.4 Å². The number of alkyl halides is 2. The maximum absolute atomic E-state index is 12.5. The van der Waals surface area contributed by atoms with Crippen LogP contribution in [0.3, 0.4) is 0 Å². The van der Waals surface area contributed by atoms with Gasteiger partial charge >= 0.3 is 0 Å². The summed E-state index contributed by atoms with van der Waals surface area (Å²) in [7, 11) is 0. The van der Waals surface area contributed by atoms with E-state index in [0.717, 1.165) is 24.6 Å². The van der Waals surface area contributed by atoms with E-state index in [2.05, 4.69) is 5.32 Å². The Hall–Kier alpha value is -1.00. The molecule has 0 saturated heterocycles. The van der Waals surface area contributed by atoms with Crippen LogP contribution in [0.5, 0.6) is 0 Å². The second-order valence-electron chi connectivity index (χ2n) is 4.74. The molecule has 0 atom stereocenters. The van der Waals surface area contributed by atoms with Gasteiger partial charge in [-0.25, -0.2) is 8.78 Å². The summed E-state index contributed by atoms with van der Waals surface area (Å²) in [6.07, 6.45) is 0.202. The summed E-state index contributed by atoms with van der Waals surface area (Å²) < 4.78 is 30.4. The third kappa shape index (κ3) is 4.70. The SMILES string of the molecule is FC(F)c1cccc(CNCCOCC2CC2)c1. The van der Waals surface area contributed by atoms with Crippen molar-refractivity contribution in [2.75, 3.05) is 19.8 Å². The van der Waals surface area contributed by atoms with Gasteiger partial charge in [-0.3, -0.25) is 0 Å². The number of benzene rings is 1. The molecule has 0 aliphatic heterocycles. The third-order valence-electron chi connectivity index (χ3n) is 3.01. The van der Waals surface area contributed by atoms with Crippen molar-refractivity contribution in [3.8, 4) is 0 Å². The number of nitrogens with one attached hydrogen (secondary N) is 1. The lowest BCUT2D eigenvalue weighted by molar-refractivity contribution is 0.126. The molecule has 2 nitrogen and oxygen atoms in total. The zero-order valence-electron chi connectivity index (χ0n) is 10.4. The van der Waals surface area contributed by atoms with Crippen LogP contribution < -0.4 is 5.32 Å². The van der Waals surface area contributed by atoms with Crippen LogP contribution in [0, 0.1) is 5.92 Å². The lowest BCUT2D eigenvalue weighted by Gasteiger charge is -2.07. The lowest BCUT2D eigenvalue weighted by Crippen LogP contribution is -2.19. The van der Waals surface area contributed by atoms with Gasteiger partial charge in [-0.2, -0.15) is 0 Å². The minimum atomic E-state index is -2.40. The second kappa shape index (κ2) is 6.81. The van der Waals surface area contributed by atoms with Gasteiger partial charge in [0.25, 0.3) is 6.43 Å². The minimum Gasteiger partial charge on any atom is -0.380 e. The van der Waals surface area contributed by atoms with Gasteiger partial charge in [0.1, 0.15) is 0 Å². The van der Waals surface area contributed by atoms with E-state index in [1.807, 2.05) is 6.07 Å². The van der Waals surface area contributed by atoms with Gasteiger partial charge in [-0.1, -0.05) is 18.2 Å². The molecular formula is C14H19F2NO. The maximum Gasteiger partial charge on any atom is 0.263 e. The number of hydrogen-bond donors (Lipinski definition) is 1. The average Bonchev–Trinajstić information content (AvgIpc) is 3.18. The summed E-state index contributed by atoms with van der Waals surface area (Å²) in [6, 6.07) is 6.52. The van der Waals surface area contributed by atoms with Crippen molar-refractivity contribution in [3.63, 3.8) is 0 Å². The zero-order chi connectivity index (χ0) is 12.8. The molecule has 0 spiro atoms. The van der Waals surface area contributed by atoms with Gasteiger partial charge < -0.3 is 10.1 Å². The highest BCUT2D eigenvalue weighted by Gasteiger charge is 2.20. The third-order valence-corrected chi connectivity index (χ3v) is 3.01. The Morgan fingerprint density at radius 2 is 2.17 bits per heavy atom. The lowest BCUT2D eigenvalue weighted by atomic mass is 10.1. The highest BCUT2D eigenvalue weighted by Crippen LogP contribution is 2.28. The fraction of sp³-hybridized carbons (Fsp3) is 0.571. The summed E-state index contributed by atoms with van der Waals surface area (Å²) in [5.41, 5.74) is 0.967. The average molecular weight is 255 g/mol. The molecule has 18 heavy (non-hydrogen) atoms. The van der Waals surface area contributed by atoms with Crippen LogP contribution in [-0.2, 0) is 11.3 Å². The molecule has 4 heteroatoms. The van der Waals surface area contributed by atoms with Crippen molar-refractivity contribution in [3.05, 3.63) is 35.4 Å². The van der Waals surface area contributed by atoms with Crippen LogP contribution in [0.4, 0.5) is 8.78 Å². The van der Waals surface area contributed by atoms with Gasteiger partial charge in [-0.05, 0) is 30.4 Å². The molecule has 0 unspecified atom stereocenters. The molecule has 0 amide bonds. The quantitative estimate of drug-likeness (QED) is 0.720. The van der Waals surface area contributed by atoms with Crippen LogP contribution in [-0.4, -0.2) is 19.8 Å². The molecular weight excluding hydrogens is 236 g/mol. The first-order chi connectivity index (χ1) is 8.75. The Morgan fingerprint density at radius 3 is 2.89 bits per heavy atom. The molecule has 1 aromatic carbocycles. The molecule has 2 rings (SSSR count). The van der Waals surface area contributed by atoms with Crippen LogP contribution >= 0.6 is 0 Å². The van der Waals surface area contributed by atoms with E-state index in [1.165, 1.54) is 18.9 Å². The minimum absolute atomic E-state index is 0.0827. The van der Waals surface area contributed by atoms with Crippen molar-refractivity contribution < 1.29 is 13.5 Å². The number of hydrogen-bond acceptors (Lipinski definition) is 2. The highest BCUT2D eigenvalue weighted by molar-refractivity contribution is 5.24.